The monoisotopic (exact) mass is 325 g/mol. The van der Waals surface area contributed by atoms with Crippen LogP contribution in [0, 0.1) is 5.16 Å². The molecule has 0 unspecified atom stereocenters. The highest BCUT2D eigenvalue weighted by atomic mass is 32.2. The summed E-state index contributed by atoms with van der Waals surface area (Å²) in [4.78, 5) is 0. The van der Waals surface area contributed by atoms with E-state index in [1.54, 1.807) is 0 Å². The zero-order chi connectivity index (χ0) is 16.1. The van der Waals surface area contributed by atoms with Crippen LogP contribution in [0.4, 0.5) is 0 Å². The Morgan fingerprint density at radius 2 is 1.48 bits per heavy atom. The van der Waals surface area contributed by atoms with Crippen LogP contribution in [0.5, 0.6) is 0 Å². The van der Waals surface area contributed by atoms with Gasteiger partial charge >= 0.3 is 0 Å². The summed E-state index contributed by atoms with van der Waals surface area (Å²) < 4.78 is 0. The summed E-state index contributed by atoms with van der Waals surface area (Å²) in [5, 5.41) is 9.37. The summed E-state index contributed by atoms with van der Waals surface area (Å²) in [6.45, 7) is 13.6. The molecule has 0 heterocycles. The molecular weight excluding hydrogens is 293 g/mol. The Balaban J connectivity index is 2.47. The molecule has 1 aromatic rings. The molecule has 0 aliphatic heterocycles. The molecule has 0 saturated heterocycles. The Labute approximate surface area is 136 Å². The molecule has 1 nitrogen and oxygen atoms in total. The highest BCUT2D eigenvalue weighted by Gasteiger charge is 2.40. The van der Waals surface area contributed by atoms with E-state index in [4.69, 9.17) is 5.16 Å². The average Bonchev–Trinajstić information content (AvgIpc) is 2.36. The van der Waals surface area contributed by atoms with E-state index >= 15 is 0 Å². The second-order valence-electron chi connectivity index (χ2n) is 7.77. The minimum atomic E-state index is -1.71. The topological polar surface area (TPSA) is 23.9 Å². The lowest BCUT2D eigenvalue weighted by Gasteiger charge is -2.45. The third kappa shape index (κ3) is 5.18. The van der Waals surface area contributed by atoms with E-state index in [1.165, 1.54) is 17.7 Å². The molecule has 0 radical (unpaired) electrons. The van der Waals surface area contributed by atoms with Crippen LogP contribution in [0.15, 0.2) is 30.3 Å². The van der Waals surface area contributed by atoms with E-state index < -0.39 is 7.05 Å². The van der Waals surface area contributed by atoms with Gasteiger partial charge in [-0.2, -0.15) is 11.8 Å². The Kier molecular flexibility index (Phi) is 6.62. The molecule has 0 bridgehead atoms. The Morgan fingerprint density at radius 3 is 1.95 bits per heavy atom. The molecule has 0 aliphatic rings. The van der Waals surface area contributed by atoms with Gasteiger partial charge in [0, 0.05) is 5.75 Å². The van der Waals surface area contributed by atoms with Crippen molar-refractivity contribution >= 4 is 18.8 Å². The zero-order valence-electron chi connectivity index (χ0n) is 14.6. The molecule has 0 amide bonds. The first kappa shape index (κ1) is 18.8. The first-order valence-electron chi connectivity index (χ1n) is 7.83. The predicted octanol–water partition coefficient (Wildman–Crippen LogP) is 6.69. The van der Waals surface area contributed by atoms with Crippen molar-refractivity contribution in [2.45, 2.75) is 64.0 Å². The molecule has 0 saturated carbocycles. The lowest BCUT2D eigenvalue weighted by molar-refractivity contribution is 0.684. The number of thioether (sulfide) groups is 1. The summed E-state index contributed by atoms with van der Waals surface area (Å²) in [5.74, 6) is 2.26. The van der Waals surface area contributed by atoms with Gasteiger partial charge in [-0.1, -0.05) is 71.9 Å². The fourth-order valence-electron chi connectivity index (χ4n) is 2.85. The second-order valence-corrected chi connectivity index (χ2v) is 13.6. The van der Waals surface area contributed by atoms with Crippen LogP contribution >= 0.6 is 18.8 Å². The minimum Gasteiger partial charge on any atom is -0.318 e. The van der Waals surface area contributed by atoms with Crippen LogP contribution in [0.25, 0.3) is 0 Å². The van der Waals surface area contributed by atoms with Gasteiger partial charge in [-0.05, 0) is 41.3 Å². The molecule has 1 aromatic carbocycles. The van der Waals surface area contributed by atoms with Gasteiger partial charge in [-0.3, -0.25) is 0 Å². The van der Waals surface area contributed by atoms with Crippen molar-refractivity contribution in [1.29, 1.82) is 5.16 Å². The van der Waals surface area contributed by atoms with Crippen molar-refractivity contribution in [2.75, 3.05) is 11.9 Å². The van der Waals surface area contributed by atoms with Crippen molar-refractivity contribution in [3.8, 4) is 0 Å². The van der Waals surface area contributed by atoms with Crippen LogP contribution in [-0.2, 0) is 5.75 Å². The molecule has 120 valence electrons. The minimum absolute atomic E-state index is 0.120. The lowest BCUT2D eigenvalue weighted by atomic mass is 10.2. The summed E-state index contributed by atoms with van der Waals surface area (Å²) in [6, 6.07) is 10.7. The average molecular weight is 326 g/mol. The van der Waals surface area contributed by atoms with Gasteiger partial charge in [0.25, 0.3) is 0 Å². The van der Waals surface area contributed by atoms with E-state index in [9.17, 15) is 0 Å². The summed E-state index contributed by atoms with van der Waals surface area (Å²) in [5.41, 5.74) is 1.40. The Morgan fingerprint density at radius 1 is 0.952 bits per heavy atom. The van der Waals surface area contributed by atoms with Crippen molar-refractivity contribution in [3.63, 3.8) is 0 Å². The molecule has 0 aromatic heterocycles. The molecule has 0 atom stereocenters. The Hall–Kier alpha value is -0.200. The molecule has 0 fully saturated rings. The molecule has 3 heteroatoms. The third-order valence-electron chi connectivity index (χ3n) is 4.18. The first-order chi connectivity index (χ1) is 9.58. The number of benzene rings is 1. The Bertz CT molecular complexity index is 450. The van der Waals surface area contributed by atoms with Gasteiger partial charge in [0.05, 0.1) is 0 Å². The van der Waals surface area contributed by atoms with Crippen LogP contribution in [0.1, 0.15) is 53.5 Å². The fourth-order valence-corrected chi connectivity index (χ4v) is 7.97. The van der Waals surface area contributed by atoms with Gasteiger partial charge in [0.15, 0.2) is 0 Å². The van der Waals surface area contributed by atoms with Gasteiger partial charge in [-0.25, -0.2) is 0 Å². The maximum Gasteiger partial charge on any atom is 0.0184 e. The normalized spacial score (nSPS) is 13.4. The number of rotatable bonds is 6. The van der Waals surface area contributed by atoms with Crippen molar-refractivity contribution in [2.24, 2.45) is 0 Å². The number of nitrogens with one attached hydrogen (secondary N) is 1. The van der Waals surface area contributed by atoms with Gasteiger partial charge in [0.1, 0.15) is 0 Å². The predicted molar refractivity (Wildman–Crippen MR) is 101 cm³/mol. The van der Waals surface area contributed by atoms with Crippen LogP contribution in [0.2, 0.25) is 0 Å². The maximum atomic E-state index is 9.12. The molecule has 1 N–H and O–H groups in total. The SMILES string of the molecule is CC(C)(C)P(=N)(CCCSCc1ccccc1)C(C)(C)C. The van der Waals surface area contributed by atoms with Gasteiger partial charge in [-0.15, -0.1) is 0 Å². The van der Waals surface area contributed by atoms with E-state index in [0.29, 0.717) is 0 Å². The zero-order valence-corrected chi connectivity index (χ0v) is 16.3. The smallest absolute Gasteiger partial charge is 0.0184 e. The molecular formula is C18H32NPS. The van der Waals surface area contributed by atoms with E-state index in [1.807, 2.05) is 11.8 Å². The van der Waals surface area contributed by atoms with Gasteiger partial charge < -0.3 is 5.16 Å². The third-order valence-corrected chi connectivity index (χ3v) is 10.9. The van der Waals surface area contributed by atoms with Crippen LogP contribution in [0.3, 0.4) is 0 Å². The second kappa shape index (κ2) is 7.38. The number of hydrogen-bond acceptors (Lipinski definition) is 2. The van der Waals surface area contributed by atoms with Crippen LogP contribution < -0.4 is 0 Å². The van der Waals surface area contributed by atoms with E-state index in [2.05, 4.69) is 71.9 Å². The lowest BCUT2D eigenvalue weighted by Crippen LogP contribution is -2.30. The summed E-state index contributed by atoms with van der Waals surface area (Å²) in [6.07, 6.45) is 2.26. The van der Waals surface area contributed by atoms with Gasteiger partial charge in [0.2, 0.25) is 0 Å². The van der Waals surface area contributed by atoms with Crippen molar-refractivity contribution in [3.05, 3.63) is 35.9 Å². The fraction of sp³-hybridized carbons (Fsp3) is 0.667. The number of hydrogen-bond donors (Lipinski definition) is 1. The first-order valence-corrected chi connectivity index (χ1v) is 11.0. The summed E-state index contributed by atoms with van der Waals surface area (Å²) >= 11 is 2.00. The molecule has 0 spiro atoms. The standard InChI is InChI=1S/C18H32NPS/c1-17(2,3)20(19,18(4,5)6)13-10-14-21-15-16-11-8-7-9-12-16/h7-9,11-12,19H,10,13-15H2,1-6H3. The van der Waals surface area contributed by atoms with Crippen molar-refractivity contribution in [1.82, 2.24) is 0 Å². The van der Waals surface area contributed by atoms with Crippen LogP contribution in [-0.4, -0.2) is 22.2 Å². The quantitative estimate of drug-likeness (QED) is 0.457. The van der Waals surface area contributed by atoms with Crippen molar-refractivity contribution < 1.29 is 0 Å². The summed E-state index contributed by atoms with van der Waals surface area (Å²) in [7, 11) is -1.71. The van der Waals surface area contributed by atoms with E-state index in [-0.39, 0.29) is 10.3 Å². The molecule has 21 heavy (non-hydrogen) atoms. The van der Waals surface area contributed by atoms with E-state index in [0.717, 1.165) is 11.9 Å². The highest BCUT2D eigenvalue weighted by molar-refractivity contribution is 7.98. The molecule has 0 aliphatic carbocycles. The molecule has 1 rings (SSSR count). The highest BCUT2D eigenvalue weighted by Crippen LogP contribution is 2.67. The largest absolute Gasteiger partial charge is 0.318 e. The maximum absolute atomic E-state index is 9.12.